The largest absolute Gasteiger partial charge is 0.504 e. The maximum absolute atomic E-state index is 12.4. The number of aromatic hydroxyl groups is 1. The summed E-state index contributed by atoms with van der Waals surface area (Å²) >= 11 is 0. The summed E-state index contributed by atoms with van der Waals surface area (Å²) in [5, 5.41) is 9.09. The van der Waals surface area contributed by atoms with Crippen molar-refractivity contribution < 1.29 is 27.4 Å². The average molecular weight is 224 g/mol. The number of hydrogen-bond acceptors (Lipinski definition) is 2. The molecule has 0 aliphatic carbocycles. The Balaban J connectivity index is 2.62. The first-order valence-corrected chi connectivity index (χ1v) is 4.00. The number of alkyl halides is 4. The van der Waals surface area contributed by atoms with Gasteiger partial charge in [0.05, 0.1) is 0 Å². The number of phenolic OH excluding ortho intramolecular Hbond substituents is 1. The van der Waals surface area contributed by atoms with E-state index >= 15 is 0 Å². The summed E-state index contributed by atoms with van der Waals surface area (Å²) in [6, 6.07) is 5.29. The molecule has 1 aromatic rings. The number of halogens is 4. The van der Waals surface area contributed by atoms with Gasteiger partial charge in [-0.1, -0.05) is 12.1 Å². The molecule has 0 amide bonds. The third-order valence-corrected chi connectivity index (χ3v) is 1.60. The normalized spacial score (nSPS) is 11.8. The molecule has 0 saturated heterocycles. The van der Waals surface area contributed by atoms with E-state index in [2.05, 4.69) is 4.74 Å². The van der Waals surface area contributed by atoms with Crippen molar-refractivity contribution in [3.63, 3.8) is 0 Å². The molecule has 0 fully saturated rings. The zero-order valence-corrected chi connectivity index (χ0v) is 7.46. The molecule has 0 atom stereocenters. The summed E-state index contributed by atoms with van der Waals surface area (Å²) < 4.78 is 52.6. The highest BCUT2D eigenvalue weighted by atomic mass is 19.3. The van der Waals surface area contributed by atoms with Gasteiger partial charge < -0.3 is 9.84 Å². The second-order valence-electron chi connectivity index (χ2n) is 2.82. The van der Waals surface area contributed by atoms with Gasteiger partial charge in [0, 0.05) is 0 Å². The molecule has 0 spiro atoms. The van der Waals surface area contributed by atoms with E-state index in [0.717, 1.165) is 0 Å². The van der Waals surface area contributed by atoms with E-state index in [1.807, 2.05) is 0 Å². The lowest BCUT2D eigenvalue weighted by molar-refractivity contribution is -0.148. The maximum Gasteiger partial charge on any atom is 0.340 e. The van der Waals surface area contributed by atoms with Gasteiger partial charge in [0.2, 0.25) is 0 Å². The number of ether oxygens (including phenoxy) is 1. The van der Waals surface area contributed by atoms with Crippen LogP contribution in [0.15, 0.2) is 24.3 Å². The highest BCUT2D eigenvalue weighted by Gasteiger charge is 2.41. The van der Waals surface area contributed by atoms with Gasteiger partial charge in [-0.3, -0.25) is 0 Å². The third-order valence-electron chi connectivity index (χ3n) is 1.60. The minimum absolute atomic E-state index is 0.252. The molecule has 0 aromatic heterocycles. The van der Waals surface area contributed by atoms with Crippen molar-refractivity contribution in [2.75, 3.05) is 6.61 Å². The molecule has 1 N–H and O–H groups in total. The Labute approximate surface area is 83.1 Å². The van der Waals surface area contributed by atoms with Crippen LogP contribution in [0.25, 0.3) is 0 Å². The Kier molecular flexibility index (Phi) is 3.39. The van der Waals surface area contributed by atoms with Crippen molar-refractivity contribution >= 4 is 0 Å². The average Bonchev–Trinajstić information content (AvgIpc) is 2.16. The highest BCUT2D eigenvalue weighted by molar-refractivity contribution is 5.37. The second kappa shape index (κ2) is 4.37. The fourth-order valence-electron chi connectivity index (χ4n) is 0.816. The molecular weight excluding hydrogens is 216 g/mol. The lowest BCUT2D eigenvalue weighted by atomic mass is 10.3. The van der Waals surface area contributed by atoms with Gasteiger partial charge in [-0.25, -0.2) is 8.78 Å². The van der Waals surface area contributed by atoms with Crippen LogP contribution >= 0.6 is 0 Å². The van der Waals surface area contributed by atoms with Crippen molar-refractivity contribution in [2.45, 2.75) is 12.3 Å². The molecule has 0 aliphatic heterocycles. The van der Waals surface area contributed by atoms with Gasteiger partial charge in [-0.15, -0.1) is 0 Å². The van der Waals surface area contributed by atoms with Crippen LogP contribution in [0, 0.1) is 0 Å². The van der Waals surface area contributed by atoms with Crippen LogP contribution in [0.5, 0.6) is 11.5 Å². The van der Waals surface area contributed by atoms with Crippen LogP contribution in [0.3, 0.4) is 0 Å². The summed E-state index contributed by atoms with van der Waals surface area (Å²) in [5.41, 5.74) is 0. The quantitative estimate of drug-likeness (QED) is 0.796. The fourth-order valence-corrected chi connectivity index (χ4v) is 0.816. The smallest absolute Gasteiger partial charge is 0.340 e. The van der Waals surface area contributed by atoms with Crippen LogP contribution in [0.1, 0.15) is 0 Å². The summed E-state index contributed by atoms with van der Waals surface area (Å²) in [4.78, 5) is 0. The van der Waals surface area contributed by atoms with Gasteiger partial charge in [0.1, 0.15) is 0 Å². The Hall–Kier alpha value is -1.46. The Bertz CT molecular complexity index is 328. The first kappa shape index (κ1) is 11.6. The zero-order chi connectivity index (χ0) is 11.5. The third kappa shape index (κ3) is 3.00. The second-order valence-corrected chi connectivity index (χ2v) is 2.82. The Morgan fingerprint density at radius 1 is 1.27 bits per heavy atom. The van der Waals surface area contributed by atoms with Crippen LogP contribution in [0.4, 0.5) is 17.6 Å². The molecule has 6 heteroatoms. The SMILES string of the molecule is Oc1ccccc1OCC(F)(F)C(F)F. The predicted octanol–water partition coefficient (Wildman–Crippen LogP) is 2.67. The Morgan fingerprint density at radius 3 is 2.40 bits per heavy atom. The molecule has 0 radical (unpaired) electrons. The minimum Gasteiger partial charge on any atom is -0.504 e. The molecule has 0 aliphatic rings. The standard InChI is InChI=1S/C9H8F4O2/c10-8(11)9(12,13)5-15-7-4-2-1-3-6(7)14/h1-4,8,14H,5H2. The van der Waals surface area contributed by atoms with Gasteiger partial charge in [-0.05, 0) is 12.1 Å². The fraction of sp³-hybridized carbons (Fsp3) is 0.333. The van der Waals surface area contributed by atoms with E-state index in [4.69, 9.17) is 5.11 Å². The maximum atomic E-state index is 12.4. The topological polar surface area (TPSA) is 29.5 Å². The Morgan fingerprint density at radius 2 is 1.87 bits per heavy atom. The summed E-state index contributed by atoms with van der Waals surface area (Å²) in [6.07, 6.45) is -3.79. The summed E-state index contributed by atoms with van der Waals surface area (Å²) in [6.45, 7) is -1.47. The summed E-state index contributed by atoms with van der Waals surface area (Å²) in [5.74, 6) is -4.84. The molecule has 2 nitrogen and oxygen atoms in total. The van der Waals surface area contributed by atoms with Gasteiger partial charge in [0.15, 0.2) is 18.1 Å². The van der Waals surface area contributed by atoms with Crippen LogP contribution in [0.2, 0.25) is 0 Å². The number of para-hydroxylation sites is 2. The first-order valence-electron chi connectivity index (χ1n) is 4.00. The zero-order valence-electron chi connectivity index (χ0n) is 7.46. The molecule has 1 aromatic carbocycles. The minimum atomic E-state index is -4.22. The summed E-state index contributed by atoms with van der Waals surface area (Å²) in [7, 11) is 0. The van der Waals surface area contributed by atoms with Crippen LogP contribution < -0.4 is 4.74 Å². The van der Waals surface area contributed by atoms with E-state index in [9.17, 15) is 17.6 Å². The van der Waals surface area contributed by atoms with Crippen LogP contribution in [-0.2, 0) is 0 Å². The van der Waals surface area contributed by atoms with Crippen molar-refractivity contribution in [1.82, 2.24) is 0 Å². The lowest BCUT2D eigenvalue weighted by Crippen LogP contribution is -2.33. The van der Waals surface area contributed by atoms with Crippen LogP contribution in [-0.4, -0.2) is 24.1 Å². The first-order chi connectivity index (χ1) is 6.93. The number of hydrogen-bond donors (Lipinski definition) is 1. The van der Waals surface area contributed by atoms with Crippen molar-refractivity contribution in [3.8, 4) is 11.5 Å². The molecule has 0 heterocycles. The monoisotopic (exact) mass is 224 g/mol. The molecule has 0 saturated carbocycles. The number of benzene rings is 1. The van der Waals surface area contributed by atoms with Crippen molar-refractivity contribution in [2.24, 2.45) is 0 Å². The molecule has 84 valence electrons. The molecule has 1 rings (SSSR count). The molecule has 0 unspecified atom stereocenters. The van der Waals surface area contributed by atoms with E-state index in [-0.39, 0.29) is 11.5 Å². The van der Waals surface area contributed by atoms with E-state index < -0.39 is 19.0 Å². The molecular formula is C9H8F4O2. The van der Waals surface area contributed by atoms with Gasteiger partial charge in [0.25, 0.3) is 0 Å². The lowest BCUT2D eigenvalue weighted by Gasteiger charge is -2.16. The van der Waals surface area contributed by atoms with Gasteiger partial charge in [-0.2, -0.15) is 8.78 Å². The highest BCUT2D eigenvalue weighted by Crippen LogP contribution is 2.28. The van der Waals surface area contributed by atoms with Gasteiger partial charge >= 0.3 is 12.3 Å². The van der Waals surface area contributed by atoms with Crippen molar-refractivity contribution in [3.05, 3.63) is 24.3 Å². The van der Waals surface area contributed by atoms with E-state index in [0.29, 0.717) is 0 Å². The predicted molar refractivity (Wildman–Crippen MR) is 44.6 cm³/mol. The van der Waals surface area contributed by atoms with E-state index in [1.165, 1.54) is 24.3 Å². The number of phenols is 1. The molecule has 0 bridgehead atoms. The molecule has 15 heavy (non-hydrogen) atoms. The van der Waals surface area contributed by atoms with Crippen molar-refractivity contribution in [1.29, 1.82) is 0 Å². The van der Waals surface area contributed by atoms with E-state index in [1.54, 1.807) is 0 Å². The number of rotatable bonds is 4.